The number of nitrogens with one attached hydrogen (secondary N) is 2. The van der Waals surface area contributed by atoms with E-state index in [1.807, 2.05) is 29.6 Å². The lowest BCUT2D eigenvalue weighted by molar-refractivity contribution is -0.120. The third-order valence-electron chi connectivity index (χ3n) is 3.98. The van der Waals surface area contributed by atoms with Gasteiger partial charge >= 0.3 is 0 Å². The van der Waals surface area contributed by atoms with Crippen molar-refractivity contribution >= 4 is 28.8 Å². The van der Waals surface area contributed by atoms with Crippen LogP contribution in [0, 0.1) is 5.92 Å². The van der Waals surface area contributed by atoms with Gasteiger partial charge in [0.25, 0.3) is 0 Å². The van der Waals surface area contributed by atoms with Crippen LogP contribution in [0.15, 0.2) is 29.6 Å². The molecule has 1 unspecified atom stereocenters. The summed E-state index contributed by atoms with van der Waals surface area (Å²) in [6.45, 7) is 2.83. The number of hydrogen-bond acceptors (Lipinski definition) is 4. The van der Waals surface area contributed by atoms with Gasteiger partial charge in [-0.25, -0.2) is 4.98 Å². The number of carbonyl (C=O) groups excluding carboxylic acids is 1. The fourth-order valence-electron chi connectivity index (χ4n) is 2.73. The minimum atomic E-state index is 0.0339. The van der Waals surface area contributed by atoms with Crippen molar-refractivity contribution in [3.63, 3.8) is 0 Å². The highest BCUT2D eigenvalue weighted by atomic mass is 35.5. The van der Waals surface area contributed by atoms with Crippen LogP contribution in [0.3, 0.4) is 0 Å². The van der Waals surface area contributed by atoms with Crippen molar-refractivity contribution in [2.24, 2.45) is 5.92 Å². The summed E-state index contributed by atoms with van der Waals surface area (Å²) in [6.07, 6.45) is 2.69. The number of carbonyl (C=O) groups is 1. The van der Waals surface area contributed by atoms with Crippen LogP contribution < -0.4 is 10.6 Å². The topological polar surface area (TPSA) is 54.0 Å². The summed E-state index contributed by atoms with van der Waals surface area (Å²) in [5.74, 6) is 0.577. The molecule has 0 saturated carbocycles. The highest BCUT2D eigenvalue weighted by Crippen LogP contribution is 2.30. The predicted molar refractivity (Wildman–Crippen MR) is 94.9 cm³/mol. The Kier molecular flexibility index (Phi) is 5.65. The molecule has 1 saturated heterocycles. The number of rotatable bonds is 5. The average molecular weight is 350 g/mol. The molecular weight excluding hydrogens is 330 g/mol. The van der Waals surface area contributed by atoms with Crippen molar-refractivity contribution in [2.75, 3.05) is 19.6 Å². The Labute approximate surface area is 145 Å². The number of thiazole rings is 1. The number of nitrogens with zero attached hydrogens (tertiary/aromatic N) is 1. The molecule has 0 bridgehead atoms. The molecule has 122 valence electrons. The Balaban J connectivity index is 1.54. The smallest absolute Gasteiger partial charge is 0.226 e. The van der Waals surface area contributed by atoms with Gasteiger partial charge in [0.15, 0.2) is 0 Å². The Morgan fingerprint density at radius 1 is 1.43 bits per heavy atom. The van der Waals surface area contributed by atoms with Crippen LogP contribution in [-0.2, 0) is 11.2 Å². The summed E-state index contributed by atoms with van der Waals surface area (Å²) >= 11 is 7.71. The molecule has 1 aliphatic heterocycles. The molecule has 1 amide bonds. The standard InChI is InChI=1S/C17H20ClN3OS/c18-15-6-2-1-5-14(15)17-21-13(11-23-17)8-16(22)20-10-12-4-3-7-19-9-12/h1-2,5-6,11-12,19H,3-4,7-10H2,(H,20,22). The number of benzene rings is 1. The maximum atomic E-state index is 12.1. The Morgan fingerprint density at radius 3 is 3.09 bits per heavy atom. The molecule has 2 N–H and O–H groups in total. The van der Waals surface area contributed by atoms with Crippen LogP contribution >= 0.6 is 22.9 Å². The van der Waals surface area contributed by atoms with Crippen molar-refractivity contribution in [2.45, 2.75) is 19.3 Å². The maximum Gasteiger partial charge on any atom is 0.226 e. The molecule has 3 rings (SSSR count). The van der Waals surface area contributed by atoms with Crippen molar-refractivity contribution in [3.05, 3.63) is 40.4 Å². The van der Waals surface area contributed by atoms with E-state index in [4.69, 9.17) is 11.6 Å². The molecule has 1 aliphatic rings. The van der Waals surface area contributed by atoms with E-state index in [9.17, 15) is 4.79 Å². The third kappa shape index (κ3) is 4.53. The van der Waals surface area contributed by atoms with E-state index in [1.54, 1.807) is 0 Å². The summed E-state index contributed by atoms with van der Waals surface area (Å²) in [5, 5.41) is 9.85. The molecule has 0 aliphatic carbocycles. The number of piperidine rings is 1. The molecule has 1 fully saturated rings. The van der Waals surface area contributed by atoms with E-state index < -0.39 is 0 Å². The molecule has 1 atom stereocenters. The first kappa shape index (κ1) is 16.4. The molecule has 2 aromatic rings. The van der Waals surface area contributed by atoms with Gasteiger partial charge < -0.3 is 10.6 Å². The molecule has 0 spiro atoms. The number of aromatic nitrogens is 1. The lowest BCUT2D eigenvalue weighted by atomic mass is 10.00. The molecule has 6 heteroatoms. The number of hydrogen-bond donors (Lipinski definition) is 2. The second-order valence-electron chi connectivity index (χ2n) is 5.82. The van der Waals surface area contributed by atoms with E-state index in [0.717, 1.165) is 35.9 Å². The zero-order valence-corrected chi connectivity index (χ0v) is 14.4. The number of amides is 1. The highest BCUT2D eigenvalue weighted by molar-refractivity contribution is 7.13. The van der Waals surface area contributed by atoms with Gasteiger partial charge in [-0.2, -0.15) is 0 Å². The Bertz CT molecular complexity index is 667. The van der Waals surface area contributed by atoms with Crippen LogP contribution in [0.1, 0.15) is 18.5 Å². The van der Waals surface area contributed by atoms with Crippen LogP contribution in [0.5, 0.6) is 0 Å². The summed E-state index contributed by atoms with van der Waals surface area (Å²) in [6, 6.07) is 7.63. The maximum absolute atomic E-state index is 12.1. The molecule has 1 aromatic carbocycles. The zero-order valence-electron chi connectivity index (χ0n) is 12.8. The molecule has 23 heavy (non-hydrogen) atoms. The van der Waals surface area contributed by atoms with Crippen molar-refractivity contribution < 1.29 is 4.79 Å². The van der Waals surface area contributed by atoms with Gasteiger partial charge in [0.05, 0.1) is 17.1 Å². The lowest BCUT2D eigenvalue weighted by Gasteiger charge is -2.22. The van der Waals surface area contributed by atoms with Crippen LogP contribution in [-0.4, -0.2) is 30.5 Å². The minimum absolute atomic E-state index is 0.0339. The summed E-state index contributed by atoms with van der Waals surface area (Å²) in [7, 11) is 0. The van der Waals surface area contributed by atoms with Crippen molar-refractivity contribution in [1.29, 1.82) is 0 Å². The van der Waals surface area contributed by atoms with E-state index in [1.165, 1.54) is 24.2 Å². The fraction of sp³-hybridized carbons (Fsp3) is 0.412. The van der Waals surface area contributed by atoms with Crippen molar-refractivity contribution in [1.82, 2.24) is 15.6 Å². The normalized spacial score (nSPS) is 17.9. The van der Waals surface area contributed by atoms with Gasteiger partial charge in [-0.1, -0.05) is 29.8 Å². The molecule has 2 heterocycles. The van der Waals surface area contributed by atoms with Gasteiger partial charge in [0, 0.05) is 17.5 Å². The summed E-state index contributed by atoms with van der Waals surface area (Å²) in [5.41, 5.74) is 1.71. The Morgan fingerprint density at radius 2 is 2.30 bits per heavy atom. The fourth-order valence-corrected chi connectivity index (χ4v) is 3.87. The van der Waals surface area contributed by atoms with Crippen LogP contribution in [0.2, 0.25) is 5.02 Å². The van der Waals surface area contributed by atoms with Crippen LogP contribution in [0.25, 0.3) is 10.6 Å². The first-order valence-electron chi connectivity index (χ1n) is 7.89. The SMILES string of the molecule is O=C(Cc1csc(-c2ccccc2Cl)n1)NCC1CCCNC1. The van der Waals surface area contributed by atoms with E-state index in [0.29, 0.717) is 17.4 Å². The molecule has 4 nitrogen and oxygen atoms in total. The second kappa shape index (κ2) is 7.90. The van der Waals surface area contributed by atoms with Gasteiger partial charge in [0.1, 0.15) is 5.01 Å². The highest BCUT2D eigenvalue weighted by Gasteiger charge is 2.15. The van der Waals surface area contributed by atoms with E-state index in [2.05, 4.69) is 15.6 Å². The quantitative estimate of drug-likeness (QED) is 0.872. The minimum Gasteiger partial charge on any atom is -0.355 e. The predicted octanol–water partition coefficient (Wildman–Crippen LogP) is 3.12. The monoisotopic (exact) mass is 349 g/mol. The Hall–Kier alpha value is -1.43. The van der Waals surface area contributed by atoms with Gasteiger partial charge in [-0.3, -0.25) is 4.79 Å². The second-order valence-corrected chi connectivity index (χ2v) is 7.08. The first-order chi connectivity index (χ1) is 11.2. The molecule has 1 aromatic heterocycles. The summed E-state index contributed by atoms with van der Waals surface area (Å²) in [4.78, 5) is 16.6. The largest absolute Gasteiger partial charge is 0.355 e. The van der Waals surface area contributed by atoms with Crippen molar-refractivity contribution in [3.8, 4) is 10.6 Å². The molecule has 0 radical (unpaired) electrons. The van der Waals surface area contributed by atoms with Gasteiger partial charge in [0.2, 0.25) is 5.91 Å². The van der Waals surface area contributed by atoms with E-state index in [-0.39, 0.29) is 5.91 Å². The number of halogens is 1. The zero-order chi connectivity index (χ0) is 16.1. The van der Waals surface area contributed by atoms with E-state index >= 15 is 0 Å². The molecular formula is C17H20ClN3OS. The lowest BCUT2D eigenvalue weighted by Crippen LogP contribution is -2.38. The summed E-state index contributed by atoms with van der Waals surface area (Å²) < 4.78 is 0. The third-order valence-corrected chi connectivity index (χ3v) is 5.24. The van der Waals surface area contributed by atoms with Crippen LogP contribution in [0.4, 0.5) is 0 Å². The average Bonchev–Trinajstić information content (AvgIpc) is 3.02. The van der Waals surface area contributed by atoms with Gasteiger partial charge in [-0.05, 0) is 37.9 Å². The van der Waals surface area contributed by atoms with Gasteiger partial charge in [-0.15, -0.1) is 11.3 Å². The first-order valence-corrected chi connectivity index (χ1v) is 9.15.